The Kier molecular flexibility index (Phi) is 6.49. The number of Topliss-reactive ketones (excluding diaryl/α,β-unsaturated/α-hetero) is 1. The number of ether oxygens (including phenoxy) is 1. The lowest BCUT2D eigenvalue weighted by Crippen LogP contribution is -2.13. The number of aromatic nitrogens is 2. The standard InChI is InChI=1S/C18H16ClN3O2S2/c1-24-15-8-4-13(5-9-15)16(23)10-20-17-21-22-18(26-17)25-11-12-2-6-14(19)7-3-12/h2-9H,10-11H2,1H3,(H,20,21). The van der Waals surface area contributed by atoms with Gasteiger partial charge in [0.1, 0.15) is 5.75 Å². The molecule has 134 valence electrons. The lowest BCUT2D eigenvalue weighted by molar-refractivity contribution is 0.101. The maximum Gasteiger partial charge on any atom is 0.206 e. The number of rotatable bonds is 8. The second-order valence-corrected chi connectivity index (χ2v) is 7.93. The number of thioether (sulfide) groups is 1. The lowest BCUT2D eigenvalue weighted by Gasteiger charge is -2.03. The van der Waals surface area contributed by atoms with Gasteiger partial charge in [-0.3, -0.25) is 4.79 Å². The maximum atomic E-state index is 12.2. The van der Waals surface area contributed by atoms with Gasteiger partial charge in [0.25, 0.3) is 0 Å². The summed E-state index contributed by atoms with van der Waals surface area (Å²) in [6.45, 7) is 0.169. The van der Waals surface area contributed by atoms with Crippen molar-refractivity contribution in [3.8, 4) is 5.75 Å². The largest absolute Gasteiger partial charge is 0.497 e. The van der Waals surface area contributed by atoms with E-state index in [1.165, 1.54) is 16.9 Å². The number of hydrogen-bond donors (Lipinski definition) is 1. The number of nitrogens with one attached hydrogen (secondary N) is 1. The second kappa shape index (κ2) is 9.02. The summed E-state index contributed by atoms with van der Waals surface area (Å²) < 4.78 is 5.94. The second-order valence-electron chi connectivity index (χ2n) is 5.29. The molecule has 0 aliphatic heterocycles. The molecule has 0 aliphatic rings. The number of nitrogens with zero attached hydrogens (tertiary/aromatic N) is 2. The first-order valence-corrected chi connectivity index (χ1v) is 9.94. The van der Waals surface area contributed by atoms with E-state index in [1.54, 1.807) is 43.1 Å². The van der Waals surface area contributed by atoms with Gasteiger partial charge in [0.2, 0.25) is 5.13 Å². The number of methoxy groups -OCH3 is 1. The molecular formula is C18H16ClN3O2S2. The third-order valence-corrected chi connectivity index (χ3v) is 5.83. The summed E-state index contributed by atoms with van der Waals surface area (Å²) in [6, 6.07) is 14.7. The minimum atomic E-state index is -0.0155. The fourth-order valence-corrected chi connectivity index (χ4v) is 3.93. The van der Waals surface area contributed by atoms with Gasteiger partial charge >= 0.3 is 0 Å². The van der Waals surface area contributed by atoms with E-state index in [-0.39, 0.29) is 12.3 Å². The van der Waals surface area contributed by atoms with Crippen LogP contribution in [0.15, 0.2) is 52.9 Å². The van der Waals surface area contributed by atoms with Crippen molar-refractivity contribution in [2.45, 2.75) is 10.1 Å². The van der Waals surface area contributed by atoms with E-state index in [0.717, 1.165) is 20.9 Å². The van der Waals surface area contributed by atoms with Crippen LogP contribution in [0.1, 0.15) is 15.9 Å². The van der Waals surface area contributed by atoms with Crippen molar-refractivity contribution in [2.24, 2.45) is 0 Å². The number of hydrogen-bond acceptors (Lipinski definition) is 7. The number of halogens is 1. The minimum absolute atomic E-state index is 0.0155. The molecule has 1 heterocycles. The van der Waals surface area contributed by atoms with Crippen LogP contribution in [0.5, 0.6) is 5.75 Å². The van der Waals surface area contributed by atoms with Crippen LogP contribution in [0.4, 0.5) is 5.13 Å². The van der Waals surface area contributed by atoms with Gasteiger partial charge in [0.05, 0.1) is 13.7 Å². The molecule has 26 heavy (non-hydrogen) atoms. The highest BCUT2D eigenvalue weighted by Crippen LogP contribution is 2.28. The van der Waals surface area contributed by atoms with Crippen molar-refractivity contribution in [3.05, 3.63) is 64.7 Å². The monoisotopic (exact) mass is 405 g/mol. The molecule has 0 saturated heterocycles. The first kappa shape index (κ1) is 18.7. The summed E-state index contributed by atoms with van der Waals surface area (Å²) in [5, 5.41) is 12.6. The van der Waals surface area contributed by atoms with Crippen molar-refractivity contribution in [2.75, 3.05) is 19.0 Å². The molecule has 0 aliphatic carbocycles. The van der Waals surface area contributed by atoms with Gasteiger partial charge in [0, 0.05) is 16.3 Å². The first-order valence-electron chi connectivity index (χ1n) is 7.76. The van der Waals surface area contributed by atoms with Crippen LogP contribution < -0.4 is 10.1 Å². The van der Waals surface area contributed by atoms with Crippen LogP contribution in [0.25, 0.3) is 0 Å². The van der Waals surface area contributed by atoms with Crippen LogP contribution in [0, 0.1) is 0 Å². The Hall–Kier alpha value is -2.09. The topological polar surface area (TPSA) is 64.1 Å². The molecule has 8 heteroatoms. The van der Waals surface area contributed by atoms with Gasteiger partial charge in [-0.2, -0.15) is 0 Å². The highest BCUT2D eigenvalue weighted by atomic mass is 35.5. The minimum Gasteiger partial charge on any atom is -0.497 e. The average Bonchev–Trinajstić information content (AvgIpc) is 3.13. The van der Waals surface area contributed by atoms with Crippen LogP contribution in [-0.4, -0.2) is 29.6 Å². The van der Waals surface area contributed by atoms with E-state index >= 15 is 0 Å². The van der Waals surface area contributed by atoms with Gasteiger partial charge < -0.3 is 10.1 Å². The Morgan fingerprint density at radius 1 is 1.15 bits per heavy atom. The summed E-state index contributed by atoms with van der Waals surface area (Å²) in [5.74, 6) is 1.50. The van der Waals surface area contributed by atoms with E-state index < -0.39 is 0 Å². The van der Waals surface area contributed by atoms with E-state index in [0.29, 0.717) is 10.7 Å². The average molecular weight is 406 g/mol. The summed E-state index contributed by atoms with van der Waals surface area (Å²) in [4.78, 5) is 12.2. The predicted molar refractivity (Wildman–Crippen MR) is 107 cm³/mol. The van der Waals surface area contributed by atoms with Gasteiger partial charge in [-0.15, -0.1) is 10.2 Å². The van der Waals surface area contributed by atoms with Crippen molar-refractivity contribution in [1.82, 2.24) is 10.2 Å². The molecule has 1 N–H and O–H groups in total. The maximum absolute atomic E-state index is 12.2. The van der Waals surface area contributed by atoms with E-state index in [1.807, 2.05) is 24.3 Å². The number of ketones is 1. The first-order chi connectivity index (χ1) is 12.6. The van der Waals surface area contributed by atoms with Gasteiger partial charge in [-0.05, 0) is 42.0 Å². The zero-order valence-electron chi connectivity index (χ0n) is 13.9. The SMILES string of the molecule is COc1ccc(C(=O)CNc2nnc(SCc3ccc(Cl)cc3)s2)cc1. The number of benzene rings is 2. The number of carbonyl (C=O) groups is 1. The molecule has 0 saturated carbocycles. The molecule has 3 rings (SSSR count). The molecular weight excluding hydrogens is 390 g/mol. The smallest absolute Gasteiger partial charge is 0.206 e. The molecule has 1 aromatic heterocycles. The zero-order valence-corrected chi connectivity index (χ0v) is 16.3. The van der Waals surface area contributed by atoms with Gasteiger partial charge in [-0.25, -0.2) is 0 Å². The summed E-state index contributed by atoms with van der Waals surface area (Å²) >= 11 is 8.91. The molecule has 0 atom stereocenters. The van der Waals surface area contributed by atoms with Crippen molar-refractivity contribution in [1.29, 1.82) is 0 Å². The molecule has 0 fully saturated rings. The Bertz CT molecular complexity index is 867. The van der Waals surface area contributed by atoms with Crippen LogP contribution in [0.3, 0.4) is 0 Å². The molecule has 3 aromatic rings. The zero-order chi connectivity index (χ0) is 18.4. The molecule has 0 amide bonds. The van der Waals surface area contributed by atoms with Crippen LogP contribution in [-0.2, 0) is 5.75 Å². The van der Waals surface area contributed by atoms with E-state index in [4.69, 9.17) is 16.3 Å². The summed E-state index contributed by atoms with van der Waals surface area (Å²) in [5.41, 5.74) is 1.79. The molecule has 2 aromatic carbocycles. The Balaban J connectivity index is 1.49. The van der Waals surface area contributed by atoms with Crippen molar-refractivity contribution in [3.63, 3.8) is 0 Å². The lowest BCUT2D eigenvalue weighted by atomic mass is 10.1. The highest BCUT2D eigenvalue weighted by molar-refractivity contribution is 8.00. The number of anilines is 1. The van der Waals surface area contributed by atoms with Crippen molar-refractivity contribution >= 4 is 45.6 Å². The van der Waals surface area contributed by atoms with E-state index in [9.17, 15) is 4.79 Å². The molecule has 5 nitrogen and oxygen atoms in total. The molecule has 0 radical (unpaired) electrons. The summed E-state index contributed by atoms with van der Waals surface area (Å²) in [7, 11) is 1.59. The highest BCUT2D eigenvalue weighted by Gasteiger charge is 2.09. The fourth-order valence-electron chi connectivity index (χ4n) is 2.10. The predicted octanol–water partition coefficient (Wildman–Crippen LogP) is 4.79. The number of carbonyl (C=O) groups excluding carboxylic acids is 1. The quantitative estimate of drug-likeness (QED) is 0.429. The van der Waals surface area contributed by atoms with E-state index in [2.05, 4.69) is 15.5 Å². The van der Waals surface area contributed by atoms with Crippen molar-refractivity contribution < 1.29 is 9.53 Å². The molecule has 0 spiro atoms. The van der Waals surface area contributed by atoms with Crippen LogP contribution in [0.2, 0.25) is 5.02 Å². The normalized spacial score (nSPS) is 10.5. The third-order valence-electron chi connectivity index (χ3n) is 3.49. The Labute approximate surface area is 164 Å². The molecule has 0 unspecified atom stereocenters. The Morgan fingerprint density at radius 3 is 2.58 bits per heavy atom. The third kappa shape index (κ3) is 5.20. The fraction of sp³-hybridized carbons (Fsp3) is 0.167. The summed E-state index contributed by atoms with van der Waals surface area (Å²) in [6.07, 6.45) is 0. The van der Waals surface area contributed by atoms with Gasteiger partial charge in [0.15, 0.2) is 10.1 Å². The van der Waals surface area contributed by atoms with Crippen LogP contribution >= 0.6 is 34.7 Å². The van der Waals surface area contributed by atoms with Gasteiger partial charge in [-0.1, -0.05) is 46.8 Å². The Morgan fingerprint density at radius 2 is 1.88 bits per heavy atom. The molecule has 0 bridgehead atoms.